The van der Waals surface area contributed by atoms with E-state index in [-0.39, 0.29) is 20.3 Å². The third-order valence-electron chi connectivity index (χ3n) is 0. The Labute approximate surface area is 159 Å². The maximum absolute atomic E-state index is 8.74. The van der Waals surface area contributed by atoms with Crippen LogP contribution in [0.4, 0.5) is 0 Å². The minimum atomic E-state index is -3.13. The molecule has 0 radical (unpaired) electrons. The van der Waals surface area contributed by atoms with Crippen LogP contribution >= 0.6 is 0 Å². The van der Waals surface area contributed by atoms with Crippen molar-refractivity contribution in [3.8, 4) is 0 Å². The van der Waals surface area contributed by atoms with Crippen molar-refractivity contribution in [3.05, 3.63) is 0 Å². The summed E-state index contributed by atoms with van der Waals surface area (Å²) < 4.78 is 52.4. The van der Waals surface area contributed by atoms with Gasteiger partial charge in [-0.3, -0.25) is 26.8 Å². The molecule has 0 unspecified atom stereocenters. The van der Waals surface area contributed by atoms with Crippen molar-refractivity contribution in [1.29, 1.82) is 0 Å². The van der Waals surface area contributed by atoms with Gasteiger partial charge in [-0.15, -0.1) is 0 Å². The molecule has 0 heterocycles. The largest absolute Gasteiger partial charge is 1.00 e. The Morgan fingerprint density at radius 1 is 0.320 bits per heavy atom. The van der Waals surface area contributed by atoms with E-state index in [1.54, 1.807) is 0 Å². The van der Waals surface area contributed by atoms with Gasteiger partial charge < -0.3 is 59.0 Å². The normalized spacial score (nSPS) is 5.76. The van der Waals surface area contributed by atoms with E-state index in [0.717, 1.165) is 0 Å². The van der Waals surface area contributed by atoms with Gasteiger partial charge in [-0.25, -0.2) is 0 Å². The molecule has 146 valence electrons. The van der Waals surface area contributed by atoms with Gasteiger partial charge in [0.15, 0.2) is 0 Å². The van der Waals surface area contributed by atoms with Gasteiger partial charge in [0, 0.05) is 0 Å². The van der Waals surface area contributed by atoms with Crippen LogP contribution in [0.25, 0.3) is 0 Å². The molecule has 25 heavy (non-hydrogen) atoms. The molecule has 0 aliphatic rings. The Bertz CT molecular complexity index is 263. The number of hydrogen-bond donors (Lipinski definition) is 12. The second-order valence-corrected chi connectivity index (χ2v) is 5.09. The average molecular weight is 477 g/mol. The minimum Gasteiger partial charge on any atom is -1.00 e. The predicted molar refractivity (Wildman–Crippen MR) is 66.4 cm³/mol. The SMILES string of the molecule is O=[Si](O)O.O=[Si](O)O.O=[Si](O)O.O=[Si](O)O.O=[Si](O)O.O=[Si](O)O.[H-].[Li+]. The van der Waals surface area contributed by atoms with Crippen LogP contribution in [0.1, 0.15) is 1.43 Å². The summed E-state index contributed by atoms with van der Waals surface area (Å²) in [6.07, 6.45) is 0. The molecule has 0 fully saturated rings. The molecule has 0 atom stereocenters. The van der Waals surface area contributed by atoms with Gasteiger partial charge in [-0.1, -0.05) is 0 Å². The second-order valence-electron chi connectivity index (χ2n) is 1.70. The van der Waals surface area contributed by atoms with Crippen molar-refractivity contribution in [2.24, 2.45) is 0 Å². The molecule has 0 spiro atoms. The zero-order valence-electron chi connectivity index (χ0n) is 12.8. The van der Waals surface area contributed by atoms with Crippen molar-refractivity contribution in [3.63, 3.8) is 0 Å². The summed E-state index contributed by atoms with van der Waals surface area (Å²) in [6.45, 7) is 0. The fourth-order valence-electron chi connectivity index (χ4n) is 0. The summed E-state index contributed by atoms with van der Waals surface area (Å²) in [6, 6.07) is 0. The van der Waals surface area contributed by atoms with Crippen molar-refractivity contribution >= 4 is 55.0 Å². The topological polar surface area (TPSA) is 345 Å². The first kappa shape index (κ1) is 43.6. The van der Waals surface area contributed by atoms with Gasteiger partial charge >= 0.3 is 73.9 Å². The van der Waals surface area contributed by atoms with E-state index >= 15 is 0 Å². The van der Waals surface area contributed by atoms with Crippen molar-refractivity contribution in [2.45, 2.75) is 0 Å². The Balaban J connectivity index is -0.0000000245. The van der Waals surface area contributed by atoms with Gasteiger partial charge in [0.25, 0.3) is 0 Å². The second kappa shape index (κ2) is 38.1. The fraction of sp³-hybridized carbons (Fsp3) is 0. The van der Waals surface area contributed by atoms with E-state index < -0.39 is 55.0 Å². The van der Waals surface area contributed by atoms with Crippen LogP contribution in [-0.4, -0.2) is 113 Å². The smallest absolute Gasteiger partial charge is 1.00 e. The molecular weight excluding hydrogens is 463 g/mol. The van der Waals surface area contributed by atoms with Crippen molar-refractivity contribution < 1.29 is 105 Å². The van der Waals surface area contributed by atoms with Gasteiger partial charge in [-0.05, 0) is 0 Å². The van der Waals surface area contributed by atoms with Crippen LogP contribution in [0.3, 0.4) is 0 Å². The number of hydrogen-bond acceptors (Lipinski definition) is 6. The molecular formula is H13LiO18Si6. The summed E-state index contributed by atoms with van der Waals surface area (Å²) in [5, 5.41) is 0. The van der Waals surface area contributed by atoms with Crippen molar-refractivity contribution in [2.75, 3.05) is 0 Å². The minimum absolute atomic E-state index is 0. The Morgan fingerprint density at radius 3 is 0.320 bits per heavy atom. The fourth-order valence-corrected chi connectivity index (χ4v) is 0. The van der Waals surface area contributed by atoms with E-state index in [2.05, 4.69) is 0 Å². The molecule has 0 bridgehead atoms. The van der Waals surface area contributed by atoms with Crippen LogP contribution in [0.15, 0.2) is 0 Å². The van der Waals surface area contributed by atoms with Gasteiger partial charge in [0.2, 0.25) is 0 Å². The molecule has 18 nitrogen and oxygen atoms in total. The molecule has 25 heteroatoms. The first-order chi connectivity index (χ1) is 10.4. The maximum Gasteiger partial charge on any atom is 1.00 e. The van der Waals surface area contributed by atoms with Gasteiger partial charge in [0.05, 0.1) is 0 Å². The zero-order chi connectivity index (χ0) is 21.5. The predicted octanol–water partition coefficient (Wildman–Crippen LogP) is -12.6. The van der Waals surface area contributed by atoms with Gasteiger partial charge in [0.1, 0.15) is 0 Å². The van der Waals surface area contributed by atoms with E-state index in [1.165, 1.54) is 0 Å². The van der Waals surface area contributed by atoms with E-state index in [1.807, 2.05) is 0 Å². The van der Waals surface area contributed by atoms with Crippen LogP contribution in [0.5, 0.6) is 0 Å². The van der Waals surface area contributed by atoms with Crippen LogP contribution < -0.4 is 18.9 Å². The molecule has 0 saturated heterocycles. The van der Waals surface area contributed by atoms with Crippen LogP contribution in [0, 0.1) is 0 Å². The molecule has 12 N–H and O–H groups in total. The summed E-state index contributed by atoms with van der Waals surface area (Å²) in [7, 11) is -18.8. The standard InChI is InChI=1S/Li.6H2O3Si.H/c;6*1-4(2)3;/h;6*1-2H;/q+1;;;;;;;-1. The monoisotopic (exact) mass is 476 g/mol. The molecule has 0 amide bonds. The number of rotatable bonds is 0. The average Bonchev–Trinajstić information content (AvgIpc) is 2.08. The molecule has 0 aliphatic heterocycles. The summed E-state index contributed by atoms with van der Waals surface area (Å²) >= 11 is 0. The first-order valence-corrected chi connectivity index (χ1v) is 11.7. The van der Waals surface area contributed by atoms with Crippen molar-refractivity contribution in [1.82, 2.24) is 0 Å². The van der Waals surface area contributed by atoms with Crippen LogP contribution in [0.2, 0.25) is 0 Å². The van der Waals surface area contributed by atoms with E-state index in [0.29, 0.717) is 0 Å². The van der Waals surface area contributed by atoms with E-state index in [4.69, 9.17) is 84.3 Å². The quantitative estimate of drug-likeness (QED) is 0.144. The molecule has 0 aromatic heterocycles. The zero-order valence-corrected chi connectivity index (χ0v) is 17.8. The summed E-state index contributed by atoms with van der Waals surface area (Å²) in [5.74, 6) is 0. The first-order valence-electron chi connectivity index (χ1n) is 3.91. The third kappa shape index (κ3) is 3170. The molecule has 0 aromatic carbocycles. The Hall–Kier alpha value is -1.70. The van der Waals surface area contributed by atoms with Gasteiger partial charge in [-0.2, -0.15) is 0 Å². The third-order valence-corrected chi connectivity index (χ3v) is 0. The molecule has 0 rings (SSSR count). The molecule has 0 saturated carbocycles. The summed E-state index contributed by atoms with van der Waals surface area (Å²) in [4.78, 5) is 85.9. The summed E-state index contributed by atoms with van der Waals surface area (Å²) in [5.41, 5.74) is 0. The molecule has 0 aliphatic carbocycles. The molecule has 0 aromatic rings. The Morgan fingerprint density at radius 2 is 0.320 bits per heavy atom. The van der Waals surface area contributed by atoms with Crippen LogP contribution in [-0.2, 0) is 26.8 Å². The Kier molecular flexibility index (Phi) is 66.4. The maximum atomic E-state index is 8.74. The van der Waals surface area contributed by atoms with E-state index in [9.17, 15) is 0 Å².